The van der Waals surface area contributed by atoms with E-state index in [1.54, 1.807) is 13.0 Å². The largest absolute Gasteiger partial charge is 0.491 e. The lowest BCUT2D eigenvalue weighted by molar-refractivity contribution is 0.0949. The van der Waals surface area contributed by atoms with E-state index in [1.165, 1.54) is 0 Å². The van der Waals surface area contributed by atoms with Crippen molar-refractivity contribution in [2.24, 2.45) is 0 Å². The summed E-state index contributed by atoms with van der Waals surface area (Å²) in [6.07, 6.45) is 0.155. The number of carbonyl (C=O) groups is 1. The Balaban J connectivity index is 1.93. The highest BCUT2D eigenvalue weighted by Gasteiger charge is 2.12. The SMILES string of the molecule is Cc1cc(C(=O)NCc2ccc(OC(C)C)cc2)c(C)o1. The van der Waals surface area contributed by atoms with Gasteiger partial charge in [0.25, 0.3) is 5.91 Å². The van der Waals surface area contributed by atoms with Gasteiger partial charge in [-0.05, 0) is 51.5 Å². The average molecular weight is 287 g/mol. The number of nitrogens with one attached hydrogen (secondary N) is 1. The lowest BCUT2D eigenvalue weighted by Gasteiger charge is -2.10. The third-order valence-corrected chi connectivity index (χ3v) is 3.03. The maximum Gasteiger partial charge on any atom is 0.255 e. The molecule has 0 aliphatic heterocycles. The van der Waals surface area contributed by atoms with E-state index in [9.17, 15) is 4.79 Å². The van der Waals surface area contributed by atoms with E-state index in [0.29, 0.717) is 17.9 Å². The van der Waals surface area contributed by atoms with E-state index in [4.69, 9.17) is 9.15 Å². The first-order valence-corrected chi connectivity index (χ1v) is 7.06. The molecule has 0 atom stereocenters. The highest BCUT2D eigenvalue weighted by Crippen LogP contribution is 2.15. The van der Waals surface area contributed by atoms with Gasteiger partial charge in [-0.3, -0.25) is 4.79 Å². The lowest BCUT2D eigenvalue weighted by Crippen LogP contribution is -2.22. The summed E-state index contributed by atoms with van der Waals surface area (Å²) in [4.78, 5) is 12.1. The van der Waals surface area contributed by atoms with Crippen LogP contribution in [-0.4, -0.2) is 12.0 Å². The first-order chi connectivity index (χ1) is 9.95. The Hall–Kier alpha value is -2.23. The first kappa shape index (κ1) is 15.2. The van der Waals surface area contributed by atoms with Crippen molar-refractivity contribution in [2.45, 2.75) is 40.3 Å². The molecule has 1 heterocycles. The molecule has 0 aliphatic rings. The molecular formula is C17H21NO3. The summed E-state index contributed by atoms with van der Waals surface area (Å²) in [5, 5.41) is 2.89. The Morgan fingerprint density at radius 1 is 1.24 bits per heavy atom. The van der Waals surface area contributed by atoms with Crippen molar-refractivity contribution in [3.05, 3.63) is 53.0 Å². The van der Waals surface area contributed by atoms with Crippen molar-refractivity contribution >= 4 is 5.91 Å². The van der Waals surface area contributed by atoms with E-state index in [2.05, 4.69) is 5.32 Å². The zero-order chi connectivity index (χ0) is 15.4. The summed E-state index contributed by atoms with van der Waals surface area (Å²) >= 11 is 0. The first-order valence-electron chi connectivity index (χ1n) is 7.06. The minimum Gasteiger partial charge on any atom is -0.491 e. The Morgan fingerprint density at radius 2 is 1.90 bits per heavy atom. The van der Waals surface area contributed by atoms with Gasteiger partial charge in [0.2, 0.25) is 0 Å². The second-order valence-electron chi connectivity index (χ2n) is 5.32. The maximum absolute atomic E-state index is 12.1. The van der Waals surface area contributed by atoms with E-state index >= 15 is 0 Å². The van der Waals surface area contributed by atoms with Crippen LogP contribution in [0.5, 0.6) is 5.75 Å². The predicted molar refractivity (Wildman–Crippen MR) is 81.6 cm³/mol. The van der Waals surface area contributed by atoms with Crippen molar-refractivity contribution in [3.8, 4) is 5.75 Å². The van der Waals surface area contributed by atoms with Crippen LogP contribution in [0, 0.1) is 13.8 Å². The fourth-order valence-corrected chi connectivity index (χ4v) is 2.09. The second kappa shape index (κ2) is 6.48. The van der Waals surface area contributed by atoms with Gasteiger partial charge in [0.15, 0.2) is 0 Å². The van der Waals surface area contributed by atoms with Crippen LogP contribution in [0.4, 0.5) is 0 Å². The molecule has 0 saturated heterocycles. The van der Waals surface area contributed by atoms with Gasteiger partial charge < -0.3 is 14.5 Å². The highest BCUT2D eigenvalue weighted by atomic mass is 16.5. The topological polar surface area (TPSA) is 51.5 Å². The van der Waals surface area contributed by atoms with Gasteiger partial charge in [-0.1, -0.05) is 12.1 Å². The molecule has 0 radical (unpaired) electrons. The molecule has 1 aromatic carbocycles. The number of hydrogen-bond acceptors (Lipinski definition) is 3. The van der Waals surface area contributed by atoms with Crippen LogP contribution in [-0.2, 0) is 6.54 Å². The number of carbonyl (C=O) groups excluding carboxylic acids is 1. The van der Waals surface area contributed by atoms with Crippen LogP contribution in [0.25, 0.3) is 0 Å². The summed E-state index contributed by atoms with van der Waals surface area (Å²) in [6, 6.07) is 9.48. The van der Waals surface area contributed by atoms with Crippen molar-refractivity contribution in [1.29, 1.82) is 0 Å². The van der Waals surface area contributed by atoms with Crippen LogP contribution in [0.1, 0.15) is 41.3 Å². The molecule has 1 aromatic heterocycles. The number of hydrogen-bond donors (Lipinski definition) is 1. The molecule has 112 valence electrons. The quantitative estimate of drug-likeness (QED) is 0.914. The molecule has 2 rings (SSSR count). The summed E-state index contributed by atoms with van der Waals surface area (Å²) in [5.74, 6) is 2.10. The van der Waals surface area contributed by atoms with Gasteiger partial charge in [0.05, 0.1) is 11.7 Å². The molecule has 1 N–H and O–H groups in total. The normalized spacial score (nSPS) is 10.7. The van der Waals surface area contributed by atoms with Gasteiger partial charge in [-0.15, -0.1) is 0 Å². The molecule has 0 spiro atoms. The number of furan rings is 1. The van der Waals surface area contributed by atoms with Crippen LogP contribution in [0.2, 0.25) is 0 Å². The van der Waals surface area contributed by atoms with E-state index in [0.717, 1.165) is 17.1 Å². The summed E-state index contributed by atoms with van der Waals surface area (Å²) in [6.45, 7) is 8.08. The third kappa shape index (κ3) is 4.12. The van der Waals surface area contributed by atoms with E-state index in [1.807, 2.05) is 45.0 Å². The molecule has 2 aromatic rings. The Kier molecular flexibility index (Phi) is 4.68. The summed E-state index contributed by atoms with van der Waals surface area (Å²) < 4.78 is 10.9. The number of benzene rings is 1. The smallest absolute Gasteiger partial charge is 0.255 e. The Labute approximate surface area is 125 Å². The molecular weight excluding hydrogens is 266 g/mol. The fraction of sp³-hybridized carbons (Fsp3) is 0.353. The van der Waals surface area contributed by atoms with Crippen LogP contribution in [0.3, 0.4) is 0 Å². The van der Waals surface area contributed by atoms with Crippen LogP contribution in [0.15, 0.2) is 34.7 Å². The molecule has 0 fully saturated rings. The van der Waals surface area contributed by atoms with Crippen molar-refractivity contribution in [3.63, 3.8) is 0 Å². The molecule has 0 aliphatic carbocycles. The van der Waals surface area contributed by atoms with E-state index in [-0.39, 0.29) is 12.0 Å². The molecule has 0 unspecified atom stereocenters. The monoisotopic (exact) mass is 287 g/mol. The Bertz CT molecular complexity index is 611. The van der Waals surface area contributed by atoms with Gasteiger partial charge in [-0.2, -0.15) is 0 Å². The lowest BCUT2D eigenvalue weighted by atomic mass is 10.2. The summed E-state index contributed by atoms with van der Waals surface area (Å²) in [5.41, 5.74) is 1.62. The summed E-state index contributed by atoms with van der Waals surface area (Å²) in [7, 11) is 0. The molecule has 4 heteroatoms. The molecule has 0 bridgehead atoms. The zero-order valence-corrected chi connectivity index (χ0v) is 12.9. The molecule has 21 heavy (non-hydrogen) atoms. The number of ether oxygens (including phenoxy) is 1. The molecule has 0 saturated carbocycles. The van der Waals surface area contributed by atoms with Gasteiger partial charge >= 0.3 is 0 Å². The van der Waals surface area contributed by atoms with Crippen LogP contribution >= 0.6 is 0 Å². The van der Waals surface area contributed by atoms with Crippen LogP contribution < -0.4 is 10.1 Å². The number of aryl methyl sites for hydroxylation is 2. The zero-order valence-electron chi connectivity index (χ0n) is 12.9. The van der Waals surface area contributed by atoms with Gasteiger partial charge in [-0.25, -0.2) is 0 Å². The Morgan fingerprint density at radius 3 is 2.43 bits per heavy atom. The van der Waals surface area contributed by atoms with Gasteiger partial charge in [0.1, 0.15) is 17.3 Å². The second-order valence-corrected chi connectivity index (χ2v) is 5.32. The molecule has 1 amide bonds. The maximum atomic E-state index is 12.1. The third-order valence-electron chi connectivity index (χ3n) is 3.03. The number of amides is 1. The van der Waals surface area contributed by atoms with Crippen molar-refractivity contribution in [2.75, 3.05) is 0 Å². The van der Waals surface area contributed by atoms with Crippen molar-refractivity contribution < 1.29 is 13.9 Å². The standard InChI is InChI=1S/C17H21NO3/c1-11(2)20-15-7-5-14(6-8-15)10-18-17(19)16-9-12(3)21-13(16)4/h5-9,11H,10H2,1-4H3,(H,18,19). The van der Waals surface area contributed by atoms with Gasteiger partial charge in [0, 0.05) is 6.54 Å². The number of rotatable bonds is 5. The average Bonchev–Trinajstić information content (AvgIpc) is 2.76. The van der Waals surface area contributed by atoms with E-state index < -0.39 is 0 Å². The minimum atomic E-state index is -0.119. The molecule has 4 nitrogen and oxygen atoms in total. The highest BCUT2D eigenvalue weighted by molar-refractivity contribution is 5.95. The van der Waals surface area contributed by atoms with Crippen molar-refractivity contribution in [1.82, 2.24) is 5.32 Å². The fourth-order valence-electron chi connectivity index (χ4n) is 2.09. The minimum absolute atomic E-state index is 0.119. The predicted octanol–water partition coefficient (Wildman–Crippen LogP) is 3.61.